The van der Waals surface area contributed by atoms with Gasteiger partial charge < -0.3 is 9.13 Å². The van der Waals surface area contributed by atoms with Gasteiger partial charge in [0.25, 0.3) is 0 Å². The molecule has 0 fully saturated rings. The molecule has 456 valence electrons. The van der Waals surface area contributed by atoms with Crippen molar-refractivity contribution in [1.29, 1.82) is 0 Å². The largest absolute Gasteiger partial charge is 0.319 e. The molecule has 2 aliphatic rings. The van der Waals surface area contributed by atoms with E-state index in [0.29, 0.717) is 5.92 Å². The monoisotopic (exact) mass is 1210 g/mol. The molecule has 0 spiro atoms. The second-order valence-electron chi connectivity index (χ2n) is 25.3. The molecule has 2 aliphatic carbocycles. The summed E-state index contributed by atoms with van der Waals surface area (Å²) in [7, 11) is 0. The molecule has 16 rings (SSSR count). The molecule has 0 saturated carbocycles. The zero-order valence-corrected chi connectivity index (χ0v) is 53.1. The van der Waals surface area contributed by atoms with Gasteiger partial charge >= 0.3 is 0 Å². The molecule has 2 aromatic heterocycles. The van der Waals surface area contributed by atoms with Gasteiger partial charge in [0.2, 0.25) is 0 Å². The lowest BCUT2D eigenvalue weighted by Crippen LogP contribution is -2.18. The van der Waals surface area contributed by atoms with E-state index in [9.17, 15) is 0 Å². The van der Waals surface area contributed by atoms with Gasteiger partial charge in [0.1, 0.15) is 6.17 Å². The van der Waals surface area contributed by atoms with Gasteiger partial charge in [0.15, 0.2) is 0 Å². The van der Waals surface area contributed by atoms with Crippen LogP contribution < -0.4 is 10.0 Å². The molecule has 0 bridgehead atoms. The summed E-state index contributed by atoms with van der Waals surface area (Å²) in [5, 5.41) is 19.6. The van der Waals surface area contributed by atoms with Crippen molar-refractivity contribution in [2.75, 3.05) is 10.0 Å². The van der Waals surface area contributed by atoms with Gasteiger partial charge in [-0.25, -0.2) is 10.0 Å². The van der Waals surface area contributed by atoms with Crippen LogP contribution in [0.25, 0.3) is 77.5 Å². The van der Waals surface area contributed by atoms with Crippen molar-refractivity contribution in [3.05, 3.63) is 336 Å². The molecule has 0 aliphatic heterocycles. The summed E-state index contributed by atoms with van der Waals surface area (Å²) >= 11 is 0. The fourth-order valence-electron chi connectivity index (χ4n) is 15.0. The summed E-state index contributed by atoms with van der Waals surface area (Å²) in [6, 6.07) is 106. The van der Waals surface area contributed by atoms with E-state index in [1.807, 2.05) is 12.4 Å². The van der Waals surface area contributed by atoms with Gasteiger partial charge in [-0.15, -0.1) is 0 Å². The summed E-state index contributed by atoms with van der Waals surface area (Å²) in [5.41, 5.74) is 25.3. The number of hydrogen-bond donors (Lipinski definition) is 0. The molecule has 0 radical (unpaired) electrons. The van der Waals surface area contributed by atoms with Crippen molar-refractivity contribution in [2.24, 2.45) is 10.2 Å². The fraction of sp³-hybridized carbons (Fsp3) is 0.136. The summed E-state index contributed by atoms with van der Waals surface area (Å²) in [6.45, 7) is 2.30. The van der Waals surface area contributed by atoms with Crippen LogP contribution in [0, 0.1) is 0 Å². The van der Waals surface area contributed by atoms with E-state index in [2.05, 4.69) is 323 Å². The smallest absolute Gasteiger partial charge is 0.111 e. The Morgan fingerprint density at radius 2 is 0.745 bits per heavy atom. The Balaban J connectivity index is 0.730. The van der Waals surface area contributed by atoms with E-state index in [4.69, 9.17) is 10.2 Å². The van der Waals surface area contributed by atoms with E-state index in [1.165, 1.54) is 138 Å². The van der Waals surface area contributed by atoms with Crippen LogP contribution in [0.15, 0.2) is 301 Å². The Morgan fingerprint density at radius 1 is 0.351 bits per heavy atom. The molecule has 1 atom stereocenters. The van der Waals surface area contributed by atoms with Crippen LogP contribution in [0.5, 0.6) is 0 Å². The Hall–Kier alpha value is -11.1. The third kappa shape index (κ3) is 11.1. The van der Waals surface area contributed by atoms with Gasteiger partial charge in [-0.05, 0) is 183 Å². The zero-order chi connectivity index (χ0) is 62.7. The second-order valence-corrected chi connectivity index (χ2v) is 25.3. The first-order valence-corrected chi connectivity index (χ1v) is 33.7. The predicted octanol–water partition coefficient (Wildman–Crippen LogP) is 23.4. The summed E-state index contributed by atoms with van der Waals surface area (Å²) in [5.74, 6) is 0.319. The van der Waals surface area contributed by atoms with Crippen molar-refractivity contribution >= 4 is 90.4 Å². The van der Waals surface area contributed by atoms with E-state index in [1.54, 1.807) is 0 Å². The number of hydrogen-bond acceptors (Lipinski definition) is 4. The maximum Gasteiger partial charge on any atom is 0.111 e. The molecule has 12 aromatic carbocycles. The quantitative estimate of drug-likeness (QED) is 0.0409. The van der Waals surface area contributed by atoms with Crippen LogP contribution in [-0.2, 0) is 6.42 Å². The van der Waals surface area contributed by atoms with Gasteiger partial charge in [0, 0.05) is 27.5 Å². The first-order chi connectivity index (χ1) is 46.6. The van der Waals surface area contributed by atoms with Gasteiger partial charge in [0.05, 0.1) is 57.2 Å². The number of para-hydroxylation sites is 4. The zero-order valence-electron chi connectivity index (χ0n) is 53.1. The molecule has 1 unspecified atom stereocenters. The first-order valence-electron chi connectivity index (χ1n) is 33.7. The molecule has 94 heavy (non-hydrogen) atoms. The van der Waals surface area contributed by atoms with Crippen LogP contribution in [0.4, 0.5) is 22.7 Å². The van der Waals surface area contributed by atoms with Gasteiger partial charge in [-0.3, -0.25) is 0 Å². The van der Waals surface area contributed by atoms with Gasteiger partial charge in [-0.1, -0.05) is 252 Å². The predicted molar refractivity (Wildman–Crippen MR) is 397 cm³/mol. The SMILES string of the molecule is CCCCCCCCCC(n1c2ccccc2c2cc(/C=N/N(c3ccccc3)c3ccc(C=C4c5ccccc5-c5ccccc54)cc3)ccc21)n1c2ccccc2c2cc(/C=N/N(c3ccccc3)c3ccc(CC4c5ccccc5-c5ccccc54)cc3)ccc21. The number of rotatable bonds is 21. The Kier molecular flexibility index (Phi) is 16.0. The molecule has 2 heterocycles. The van der Waals surface area contributed by atoms with Gasteiger partial charge in [-0.2, -0.15) is 10.2 Å². The van der Waals surface area contributed by atoms with Crippen LogP contribution in [0.3, 0.4) is 0 Å². The number of anilines is 4. The minimum absolute atomic E-state index is 0.0143. The lowest BCUT2D eigenvalue weighted by atomic mass is 9.90. The minimum Gasteiger partial charge on any atom is -0.319 e. The maximum absolute atomic E-state index is 5.32. The number of aromatic nitrogens is 2. The molecule has 14 aromatic rings. The molecule has 0 N–H and O–H groups in total. The number of benzene rings is 12. The van der Waals surface area contributed by atoms with Crippen molar-refractivity contribution < 1.29 is 0 Å². The highest BCUT2D eigenvalue weighted by molar-refractivity contribution is 6.12. The molecule has 0 saturated heterocycles. The van der Waals surface area contributed by atoms with Crippen LogP contribution in [0.2, 0.25) is 0 Å². The normalized spacial score (nSPS) is 12.9. The fourth-order valence-corrected chi connectivity index (χ4v) is 15.0. The van der Waals surface area contributed by atoms with Crippen molar-refractivity contribution in [2.45, 2.75) is 76.8 Å². The van der Waals surface area contributed by atoms with Crippen molar-refractivity contribution in [3.63, 3.8) is 0 Å². The van der Waals surface area contributed by atoms with E-state index in [-0.39, 0.29) is 6.17 Å². The summed E-state index contributed by atoms with van der Waals surface area (Å²) < 4.78 is 5.30. The van der Waals surface area contributed by atoms with E-state index in [0.717, 1.165) is 58.7 Å². The number of nitrogens with zero attached hydrogens (tertiary/aromatic N) is 6. The third-order valence-electron chi connectivity index (χ3n) is 19.5. The Morgan fingerprint density at radius 3 is 1.26 bits per heavy atom. The number of fused-ring (bicyclic) bond motifs is 12. The second kappa shape index (κ2) is 25.9. The van der Waals surface area contributed by atoms with Crippen LogP contribution >= 0.6 is 0 Å². The average molecular weight is 1220 g/mol. The highest BCUT2D eigenvalue weighted by atomic mass is 15.5. The lowest BCUT2D eigenvalue weighted by Gasteiger charge is -2.26. The highest BCUT2D eigenvalue weighted by Crippen LogP contribution is 2.48. The van der Waals surface area contributed by atoms with Crippen molar-refractivity contribution in [1.82, 2.24) is 9.13 Å². The highest BCUT2D eigenvalue weighted by Gasteiger charge is 2.29. The molecular weight excluding hydrogens is 1140 g/mol. The third-order valence-corrected chi connectivity index (χ3v) is 19.5. The van der Waals surface area contributed by atoms with E-state index < -0.39 is 0 Å². The minimum atomic E-state index is -0.0143. The molecule has 6 nitrogen and oxygen atoms in total. The van der Waals surface area contributed by atoms with Crippen LogP contribution in [-0.4, -0.2) is 21.6 Å². The lowest BCUT2D eigenvalue weighted by molar-refractivity contribution is 0.418. The Bertz CT molecular complexity index is 5050. The molecular formula is C88H74N6. The summed E-state index contributed by atoms with van der Waals surface area (Å²) in [4.78, 5) is 0. The Labute approximate surface area is 551 Å². The first kappa shape index (κ1) is 58.0. The topological polar surface area (TPSA) is 41.1 Å². The number of hydrazone groups is 2. The van der Waals surface area contributed by atoms with Crippen LogP contribution in [0.1, 0.15) is 115 Å². The molecule has 6 heteroatoms. The molecule has 0 amide bonds. The van der Waals surface area contributed by atoms with Crippen molar-refractivity contribution in [3.8, 4) is 22.3 Å². The van der Waals surface area contributed by atoms with E-state index >= 15 is 0 Å². The standard InChI is InChI=1S/C88H74N6/c1-2-3-4-5-6-7-14-43-88(91-84-41-25-23-39-78(84)82-58-64(48-54-86(82)91)60-89-93(66-27-10-8-11-28-66)68-50-44-62(45-51-68)56-80-74-35-19-15-31-70(74)71-32-16-20-36-75(71)80)92-85-42-26-24-40-79(85)83-59-65(49-55-87(83)92)61-90-94(67-29-12-9-13-30-67)69-52-46-63(47-53-69)57-81-76-37-21-17-33-72(76)73-34-18-22-38-77(73)81/h8-13,15-42,44-56,58-61,81,88H,2-7,14,43,57H2,1H3/b89-60+,90-61+. The maximum atomic E-state index is 5.32. The average Bonchev–Trinajstić information content (AvgIpc) is 1.61. The number of unbranched alkanes of at least 4 members (excludes halogenated alkanes) is 6. The summed E-state index contributed by atoms with van der Waals surface area (Å²) in [6.07, 6.45) is 17.0.